The van der Waals surface area contributed by atoms with Gasteiger partial charge in [0.1, 0.15) is 11.9 Å². The Labute approximate surface area is 101 Å². The van der Waals surface area contributed by atoms with Crippen molar-refractivity contribution < 1.29 is 4.79 Å². The fourth-order valence-electron chi connectivity index (χ4n) is 1.57. The van der Waals surface area contributed by atoms with Crippen molar-refractivity contribution in [3.63, 3.8) is 0 Å². The minimum absolute atomic E-state index is 0.00243. The predicted octanol–water partition coefficient (Wildman–Crippen LogP) is -0.00810. The van der Waals surface area contributed by atoms with Crippen LogP contribution in [0.5, 0.6) is 0 Å². The van der Waals surface area contributed by atoms with Crippen molar-refractivity contribution in [2.45, 2.75) is 25.3 Å². The Bertz CT molecular complexity index is 337. The van der Waals surface area contributed by atoms with Gasteiger partial charge in [0.25, 0.3) is 0 Å². The molecule has 0 saturated carbocycles. The summed E-state index contributed by atoms with van der Waals surface area (Å²) < 4.78 is 0. The number of nitrogens with one attached hydrogen (secondary N) is 3. The Balaban J connectivity index is 2.57. The Hall–Kier alpha value is -1.85. The summed E-state index contributed by atoms with van der Waals surface area (Å²) in [6.07, 6.45) is 2.81. The quantitative estimate of drug-likeness (QED) is 0.477. The maximum absolute atomic E-state index is 11.7. The highest BCUT2D eigenvalue weighted by atomic mass is 16.2. The minimum atomic E-state index is -0.263. The monoisotopic (exact) mass is 237 g/mol. The van der Waals surface area contributed by atoms with Crippen LogP contribution in [-0.4, -0.2) is 38.2 Å². The molecule has 94 valence electrons. The van der Waals surface area contributed by atoms with Gasteiger partial charge in [0.05, 0.1) is 0 Å². The van der Waals surface area contributed by atoms with Crippen molar-refractivity contribution >= 4 is 18.6 Å². The van der Waals surface area contributed by atoms with E-state index in [-0.39, 0.29) is 11.9 Å². The third-order valence-corrected chi connectivity index (χ3v) is 2.52. The number of hydrogen-bond donors (Lipinski definition) is 3. The number of aliphatic imine (C=N–C) groups is 2. The maximum Gasteiger partial charge on any atom is 0.242 e. The first-order chi connectivity index (χ1) is 8.17. The molecule has 0 aliphatic carbocycles. The molecule has 1 fully saturated rings. The van der Waals surface area contributed by atoms with E-state index in [1.165, 1.54) is 0 Å². The van der Waals surface area contributed by atoms with E-state index >= 15 is 0 Å². The van der Waals surface area contributed by atoms with Crippen LogP contribution in [0.2, 0.25) is 0 Å². The smallest absolute Gasteiger partial charge is 0.242 e. The lowest BCUT2D eigenvalue weighted by molar-refractivity contribution is -0.122. The van der Waals surface area contributed by atoms with Crippen LogP contribution < -0.4 is 16.0 Å². The molecule has 0 aromatic carbocycles. The van der Waals surface area contributed by atoms with Crippen LogP contribution in [0, 0.1) is 0 Å². The zero-order chi connectivity index (χ0) is 12.7. The highest BCUT2D eigenvalue weighted by molar-refractivity contribution is 5.89. The molecule has 1 unspecified atom stereocenters. The lowest BCUT2D eigenvalue weighted by Gasteiger charge is -2.18. The molecule has 0 bridgehead atoms. The zero-order valence-electron chi connectivity index (χ0n) is 10.1. The van der Waals surface area contributed by atoms with Gasteiger partial charge < -0.3 is 16.0 Å². The van der Waals surface area contributed by atoms with E-state index in [4.69, 9.17) is 0 Å². The summed E-state index contributed by atoms with van der Waals surface area (Å²) in [5.74, 6) is 0.874. The van der Waals surface area contributed by atoms with Gasteiger partial charge in [-0.05, 0) is 26.0 Å². The van der Waals surface area contributed by atoms with Crippen LogP contribution in [0.15, 0.2) is 22.4 Å². The second kappa shape index (κ2) is 6.67. The van der Waals surface area contributed by atoms with Gasteiger partial charge in [-0.1, -0.05) is 6.58 Å². The Morgan fingerprint density at radius 2 is 2.29 bits per heavy atom. The van der Waals surface area contributed by atoms with Crippen molar-refractivity contribution in [2.24, 2.45) is 9.98 Å². The Morgan fingerprint density at radius 1 is 1.53 bits per heavy atom. The summed E-state index contributed by atoms with van der Waals surface area (Å²) >= 11 is 0. The highest BCUT2D eigenvalue weighted by Gasteiger charge is 2.21. The molecule has 0 spiro atoms. The van der Waals surface area contributed by atoms with Gasteiger partial charge in [-0.2, -0.15) is 0 Å². The molecule has 1 aliphatic heterocycles. The fourth-order valence-corrected chi connectivity index (χ4v) is 1.57. The zero-order valence-corrected chi connectivity index (χ0v) is 10.1. The first-order valence-electron chi connectivity index (χ1n) is 5.61. The lowest BCUT2D eigenvalue weighted by Crippen LogP contribution is -2.49. The van der Waals surface area contributed by atoms with E-state index in [1.54, 1.807) is 7.05 Å². The van der Waals surface area contributed by atoms with Crippen molar-refractivity contribution in [3.05, 3.63) is 12.4 Å². The molecule has 6 heteroatoms. The molecule has 1 saturated heterocycles. The van der Waals surface area contributed by atoms with Crippen LogP contribution in [0.1, 0.15) is 19.3 Å². The van der Waals surface area contributed by atoms with E-state index in [2.05, 4.69) is 39.2 Å². The number of guanidine groups is 1. The molecule has 17 heavy (non-hydrogen) atoms. The maximum atomic E-state index is 11.7. The first kappa shape index (κ1) is 13.2. The largest absolute Gasteiger partial charge is 0.354 e. The number of nitrogens with zero attached hydrogens (tertiary/aromatic N) is 2. The van der Waals surface area contributed by atoms with E-state index in [1.807, 2.05) is 0 Å². The van der Waals surface area contributed by atoms with Crippen molar-refractivity contribution in [1.82, 2.24) is 16.0 Å². The van der Waals surface area contributed by atoms with Crippen molar-refractivity contribution in [3.8, 4) is 0 Å². The lowest BCUT2D eigenvalue weighted by atomic mass is 10.1. The molecule has 3 N–H and O–H groups in total. The normalized spacial score (nSPS) is 21.1. The molecule has 1 aliphatic rings. The number of carbonyl (C=O) groups excluding carboxylic acids is 1. The van der Waals surface area contributed by atoms with Gasteiger partial charge in [0.15, 0.2) is 5.96 Å². The average molecular weight is 237 g/mol. The minimum Gasteiger partial charge on any atom is -0.354 e. The highest BCUT2D eigenvalue weighted by Crippen LogP contribution is 2.05. The first-order valence-corrected chi connectivity index (χ1v) is 5.61. The topological polar surface area (TPSA) is 77.9 Å². The molecule has 1 amide bonds. The second-order valence-electron chi connectivity index (χ2n) is 3.79. The van der Waals surface area contributed by atoms with Crippen LogP contribution in [0.25, 0.3) is 0 Å². The predicted molar refractivity (Wildman–Crippen MR) is 69.0 cm³/mol. The van der Waals surface area contributed by atoms with Crippen molar-refractivity contribution in [1.29, 1.82) is 0 Å². The van der Waals surface area contributed by atoms with Gasteiger partial charge >= 0.3 is 0 Å². The van der Waals surface area contributed by atoms with Crippen LogP contribution >= 0.6 is 0 Å². The molecular weight excluding hydrogens is 218 g/mol. The summed E-state index contributed by atoms with van der Waals surface area (Å²) in [5.41, 5.74) is 0. The molecular formula is C11H19N5O. The number of hydrogen-bond acceptors (Lipinski definition) is 3. The summed E-state index contributed by atoms with van der Waals surface area (Å²) in [4.78, 5) is 19.3. The SMILES string of the molecule is C=NC(=C)NC(=NC)NC1CCCCNC1=O. The van der Waals surface area contributed by atoms with Gasteiger partial charge in [-0.3, -0.25) is 9.79 Å². The third kappa shape index (κ3) is 4.26. The molecule has 1 rings (SSSR count). The van der Waals surface area contributed by atoms with Crippen molar-refractivity contribution in [2.75, 3.05) is 13.6 Å². The van der Waals surface area contributed by atoms with Gasteiger partial charge in [-0.25, -0.2) is 4.99 Å². The third-order valence-electron chi connectivity index (χ3n) is 2.52. The fraction of sp³-hybridized carbons (Fsp3) is 0.545. The van der Waals surface area contributed by atoms with Gasteiger partial charge in [0, 0.05) is 13.6 Å². The summed E-state index contributed by atoms with van der Waals surface area (Å²) in [6.45, 7) is 7.72. The van der Waals surface area contributed by atoms with E-state index in [9.17, 15) is 4.79 Å². The number of rotatable bonds is 3. The van der Waals surface area contributed by atoms with Crippen LogP contribution in [0.4, 0.5) is 0 Å². The number of amides is 1. The average Bonchev–Trinajstić information content (AvgIpc) is 2.53. The Kier molecular flexibility index (Phi) is 5.19. The van der Waals surface area contributed by atoms with Gasteiger partial charge in [-0.15, -0.1) is 0 Å². The second-order valence-corrected chi connectivity index (χ2v) is 3.79. The van der Waals surface area contributed by atoms with E-state index in [0.717, 1.165) is 25.8 Å². The van der Waals surface area contributed by atoms with E-state index < -0.39 is 0 Å². The molecule has 0 aromatic heterocycles. The van der Waals surface area contributed by atoms with Crippen LogP contribution in [0.3, 0.4) is 0 Å². The van der Waals surface area contributed by atoms with Crippen LogP contribution in [-0.2, 0) is 4.79 Å². The molecule has 6 nitrogen and oxygen atoms in total. The summed E-state index contributed by atoms with van der Waals surface area (Å²) in [6, 6.07) is -0.263. The molecule has 1 heterocycles. The van der Waals surface area contributed by atoms with Gasteiger partial charge in [0.2, 0.25) is 5.91 Å². The molecule has 0 radical (unpaired) electrons. The summed E-state index contributed by atoms with van der Waals surface area (Å²) in [7, 11) is 1.63. The van der Waals surface area contributed by atoms with E-state index in [0.29, 0.717) is 11.8 Å². The molecule has 0 aromatic rings. The standard InChI is InChI=1S/C11H19N5O/c1-8(12-2)15-11(13-3)16-9-6-4-5-7-14-10(9)17/h9H,1-2,4-7H2,3H3,(H,14,17)(H2,13,15,16). The molecule has 1 atom stereocenters. The number of carbonyl (C=O) groups is 1. The Morgan fingerprint density at radius 3 is 2.94 bits per heavy atom. The summed E-state index contributed by atoms with van der Waals surface area (Å²) in [5, 5.41) is 8.73.